The summed E-state index contributed by atoms with van der Waals surface area (Å²) in [4.78, 5) is 9.74. The number of nitrogens with zero attached hydrogens (tertiary/aromatic N) is 5. The number of hydrogen-bond donors (Lipinski definition) is 0. The van der Waals surface area contributed by atoms with E-state index in [9.17, 15) is 22.0 Å². The van der Waals surface area contributed by atoms with Crippen LogP contribution in [0.15, 0.2) is 28.9 Å². The van der Waals surface area contributed by atoms with Crippen molar-refractivity contribution in [2.24, 2.45) is 0 Å². The first kappa shape index (κ1) is 24.8. The number of anilines is 1. The maximum absolute atomic E-state index is 14.5. The third-order valence-corrected chi connectivity index (χ3v) is 5.80. The number of piperidine rings is 1. The topological polar surface area (TPSA) is 77.2 Å². The van der Waals surface area contributed by atoms with Gasteiger partial charge in [-0.3, -0.25) is 0 Å². The van der Waals surface area contributed by atoms with E-state index in [1.807, 2.05) is 4.90 Å². The fraction of sp³-hybridized carbons (Fsp3) is 0.478. The van der Waals surface area contributed by atoms with Crippen molar-refractivity contribution in [2.45, 2.75) is 57.7 Å². The summed E-state index contributed by atoms with van der Waals surface area (Å²) in [6.07, 6.45) is 1.48. The molecule has 4 rings (SSSR count). The summed E-state index contributed by atoms with van der Waals surface area (Å²) < 4.78 is 78.2. The van der Waals surface area contributed by atoms with Crippen molar-refractivity contribution in [2.75, 3.05) is 18.1 Å². The molecule has 1 atom stereocenters. The van der Waals surface area contributed by atoms with Crippen molar-refractivity contribution in [3.63, 3.8) is 0 Å². The SMILES string of the molecule is CCc1nnc(-c2c(F)cc(OCCCC3CCCCN3c3ncc(C(F)(F)F)cn3)cc2F)o1. The molecule has 188 valence electrons. The van der Waals surface area contributed by atoms with Gasteiger partial charge >= 0.3 is 6.18 Å². The summed E-state index contributed by atoms with van der Waals surface area (Å²) in [5, 5.41) is 7.40. The molecule has 3 aromatic rings. The quantitative estimate of drug-likeness (QED) is 0.296. The van der Waals surface area contributed by atoms with Gasteiger partial charge in [0, 0.05) is 43.5 Å². The van der Waals surface area contributed by atoms with E-state index in [-0.39, 0.29) is 36.1 Å². The minimum absolute atomic E-state index is 0.0326. The lowest BCUT2D eigenvalue weighted by atomic mass is 9.98. The highest BCUT2D eigenvalue weighted by Gasteiger charge is 2.32. The molecule has 2 aromatic heterocycles. The van der Waals surface area contributed by atoms with Crippen LogP contribution < -0.4 is 9.64 Å². The molecule has 0 saturated carbocycles. The normalized spacial score (nSPS) is 16.5. The van der Waals surface area contributed by atoms with Gasteiger partial charge in [0.15, 0.2) is 0 Å². The minimum Gasteiger partial charge on any atom is -0.493 e. The van der Waals surface area contributed by atoms with Gasteiger partial charge in [-0.2, -0.15) is 13.2 Å². The molecular weight excluding hydrogens is 473 g/mol. The van der Waals surface area contributed by atoms with Gasteiger partial charge in [-0.25, -0.2) is 18.7 Å². The molecule has 1 aromatic carbocycles. The maximum Gasteiger partial charge on any atom is 0.419 e. The largest absolute Gasteiger partial charge is 0.493 e. The predicted molar refractivity (Wildman–Crippen MR) is 116 cm³/mol. The zero-order valence-electron chi connectivity index (χ0n) is 19.0. The average Bonchev–Trinajstić information content (AvgIpc) is 3.30. The Morgan fingerprint density at radius 1 is 1.09 bits per heavy atom. The van der Waals surface area contributed by atoms with Crippen LogP contribution in [0, 0.1) is 11.6 Å². The second-order valence-electron chi connectivity index (χ2n) is 8.22. The van der Waals surface area contributed by atoms with Gasteiger partial charge < -0.3 is 14.1 Å². The predicted octanol–water partition coefficient (Wildman–Crippen LogP) is 5.60. The van der Waals surface area contributed by atoms with Gasteiger partial charge in [0.05, 0.1) is 12.2 Å². The average molecular weight is 497 g/mol. The van der Waals surface area contributed by atoms with E-state index in [0.717, 1.165) is 43.8 Å². The lowest BCUT2D eigenvalue weighted by molar-refractivity contribution is -0.138. The second kappa shape index (κ2) is 10.5. The molecule has 0 spiro atoms. The van der Waals surface area contributed by atoms with E-state index in [1.54, 1.807) is 6.92 Å². The van der Waals surface area contributed by atoms with Gasteiger partial charge in [0.1, 0.15) is 22.9 Å². The Morgan fingerprint density at radius 3 is 2.43 bits per heavy atom. The fourth-order valence-corrected chi connectivity index (χ4v) is 4.02. The van der Waals surface area contributed by atoms with Crippen molar-refractivity contribution >= 4 is 5.95 Å². The van der Waals surface area contributed by atoms with E-state index in [2.05, 4.69) is 20.2 Å². The number of aryl methyl sites for hydroxylation is 1. The van der Waals surface area contributed by atoms with Crippen molar-refractivity contribution in [1.29, 1.82) is 0 Å². The Balaban J connectivity index is 1.34. The molecular formula is C23H24F5N5O2. The fourth-order valence-electron chi connectivity index (χ4n) is 4.02. The van der Waals surface area contributed by atoms with Gasteiger partial charge in [0.2, 0.25) is 11.8 Å². The smallest absolute Gasteiger partial charge is 0.419 e. The highest BCUT2D eigenvalue weighted by atomic mass is 19.4. The number of aromatic nitrogens is 4. The lowest BCUT2D eigenvalue weighted by Gasteiger charge is -2.36. The molecule has 1 unspecified atom stereocenters. The number of rotatable bonds is 8. The van der Waals surface area contributed by atoms with Crippen LogP contribution in [0.25, 0.3) is 11.5 Å². The Labute approximate surface area is 198 Å². The van der Waals surface area contributed by atoms with Crippen LogP contribution >= 0.6 is 0 Å². The first-order valence-electron chi connectivity index (χ1n) is 11.4. The molecule has 35 heavy (non-hydrogen) atoms. The lowest BCUT2D eigenvalue weighted by Crippen LogP contribution is -2.40. The van der Waals surface area contributed by atoms with Crippen LogP contribution in [0.1, 0.15) is 50.5 Å². The van der Waals surface area contributed by atoms with Crippen molar-refractivity contribution in [3.05, 3.63) is 47.6 Å². The van der Waals surface area contributed by atoms with Gasteiger partial charge in [-0.1, -0.05) is 6.92 Å². The van der Waals surface area contributed by atoms with Crippen LogP contribution in [-0.4, -0.2) is 39.4 Å². The minimum atomic E-state index is -4.49. The van der Waals surface area contributed by atoms with Gasteiger partial charge in [-0.15, -0.1) is 10.2 Å². The molecule has 0 bridgehead atoms. The molecule has 0 N–H and O–H groups in total. The Hall–Kier alpha value is -3.31. The Bertz CT molecular complexity index is 1110. The first-order valence-corrected chi connectivity index (χ1v) is 11.4. The summed E-state index contributed by atoms with van der Waals surface area (Å²) >= 11 is 0. The molecule has 0 aliphatic carbocycles. The summed E-state index contributed by atoms with van der Waals surface area (Å²) in [5.74, 6) is -1.40. The summed E-state index contributed by atoms with van der Waals surface area (Å²) in [6, 6.07) is 2.17. The van der Waals surface area contributed by atoms with Crippen molar-refractivity contribution < 1.29 is 31.1 Å². The van der Waals surface area contributed by atoms with Crippen molar-refractivity contribution in [1.82, 2.24) is 20.2 Å². The van der Waals surface area contributed by atoms with E-state index in [0.29, 0.717) is 25.8 Å². The number of hydrogen-bond acceptors (Lipinski definition) is 7. The van der Waals surface area contributed by atoms with E-state index in [1.165, 1.54) is 0 Å². The highest BCUT2D eigenvalue weighted by Crippen LogP contribution is 2.31. The molecule has 1 fully saturated rings. The Morgan fingerprint density at radius 2 is 1.80 bits per heavy atom. The summed E-state index contributed by atoms with van der Waals surface area (Å²) in [5.41, 5.74) is -1.29. The number of ether oxygens (including phenoxy) is 1. The third-order valence-electron chi connectivity index (χ3n) is 5.80. The molecule has 1 aliphatic heterocycles. The number of halogens is 5. The summed E-state index contributed by atoms with van der Waals surface area (Å²) in [6.45, 7) is 2.63. The molecule has 1 saturated heterocycles. The zero-order chi connectivity index (χ0) is 25.0. The molecule has 0 radical (unpaired) electrons. The van der Waals surface area contributed by atoms with Crippen LogP contribution in [0.2, 0.25) is 0 Å². The van der Waals surface area contributed by atoms with E-state index in [4.69, 9.17) is 9.15 Å². The second-order valence-corrected chi connectivity index (χ2v) is 8.22. The van der Waals surface area contributed by atoms with Crippen LogP contribution in [0.3, 0.4) is 0 Å². The zero-order valence-corrected chi connectivity index (χ0v) is 19.0. The molecule has 0 amide bonds. The van der Waals surface area contributed by atoms with Gasteiger partial charge in [0.25, 0.3) is 5.89 Å². The van der Waals surface area contributed by atoms with E-state index < -0.39 is 28.9 Å². The Kier molecular flexibility index (Phi) is 7.46. The molecule has 12 heteroatoms. The monoisotopic (exact) mass is 497 g/mol. The third kappa shape index (κ3) is 5.85. The van der Waals surface area contributed by atoms with Crippen LogP contribution in [-0.2, 0) is 12.6 Å². The standard InChI is InChI=1S/C23H24F5N5O2/c1-2-19-31-32-21(35-19)20-17(24)10-16(11-18(20)25)34-9-5-7-15-6-3-4-8-33(15)22-29-12-14(13-30-22)23(26,27)28/h10-13,15H,2-9H2,1H3. The molecule has 1 aliphatic rings. The highest BCUT2D eigenvalue weighted by molar-refractivity contribution is 5.56. The van der Waals surface area contributed by atoms with Crippen LogP contribution in [0.5, 0.6) is 5.75 Å². The molecule has 7 nitrogen and oxygen atoms in total. The van der Waals surface area contributed by atoms with Crippen LogP contribution in [0.4, 0.5) is 27.9 Å². The maximum atomic E-state index is 14.5. The van der Waals surface area contributed by atoms with Crippen molar-refractivity contribution in [3.8, 4) is 17.2 Å². The molecule has 3 heterocycles. The van der Waals surface area contributed by atoms with E-state index >= 15 is 0 Å². The number of benzene rings is 1. The van der Waals surface area contributed by atoms with Gasteiger partial charge in [-0.05, 0) is 32.1 Å². The first-order chi connectivity index (χ1) is 16.8. The number of alkyl halides is 3. The summed E-state index contributed by atoms with van der Waals surface area (Å²) in [7, 11) is 0.